The summed E-state index contributed by atoms with van der Waals surface area (Å²) < 4.78 is 0. The lowest BCUT2D eigenvalue weighted by Crippen LogP contribution is -2.49. The third kappa shape index (κ3) is 4.14. The van der Waals surface area contributed by atoms with Gasteiger partial charge in [-0.05, 0) is 33.8 Å². The summed E-state index contributed by atoms with van der Waals surface area (Å²) in [5, 5.41) is 24.5. The molecule has 1 amide bonds. The average Bonchev–Trinajstić information content (AvgIpc) is 2.51. The fraction of sp³-hybridized carbons (Fsp3) is 0.412. The van der Waals surface area contributed by atoms with E-state index in [1.807, 2.05) is 0 Å². The predicted octanol–water partition coefficient (Wildman–Crippen LogP) is 3.72. The Hall–Kier alpha value is -2.90. The van der Waals surface area contributed by atoms with Crippen LogP contribution in [-0.4, -0.2) is 44.1 Å². The Balaban J connectivity index is 2.37. The van der Waals surface area contributed by atoms with Crippen molar-refractivity contribution in [1.29, 1.82) is 0 Å². The lowest BCUT2D eigenvalue weighted by Gasteiger charge is -2.35. The molecule has 2 aromatic rings. The van der Waals surface area contributed by atoms with Gasteiger partial charge in [0.1, 0.15) is 11.9 Å². The fourth-order valence-electron chi connectivity index (χ4n) is 2.63. The van der Waals surface area contributed by atoms with Crippen LogP contribution < -0.4 is 5.32 Å². The number of nitrogens with one attached hydrogen (secondary N) is 1. The number of benzene rings is 1. The second-order valence-corrected chi connectivity index (χ2v) is 6.90. The van der Waals surface area contributed by atoms with Crippen molar-refractivity contribution in [1.82, 2.24) is 9.88 Å². The summed E-state index contributed by atoms with van der Waals surface area (Å²) in [4.78, 5) is 27.8. The van der Waals surface area contributed by atoms with E-state index in [2.05, 4.69) is 10.3 Å². The van der Waals surface area contributed by atoms with Crippen LogP contribution in [0.25, 0.3) is 10.9 Å². The van der Waals surface area contributed by atoms with Crippen molar-refractivity contribution in [2.45, 2.75) is 39.3 Å². The van der Waals surface area contributed by atoms with E-state index in [1.165, 1.54) is 11.1 Å². The number of nitrogens with zero attached hydrogens (tertiary/aromatic N) is 3. The van der Waals surface area contributed by atoms with E-state index in [-0.39, 0.29) is 18.3 Å². The van der Waals surface area contributed by atoms with Gasteiger partial charge in [0.25, 0.3) is 0 Å². The summed E-state index contributed by atoms with van der Waals surface area (Å²) in [6, 6.07) is 6.78. The van der Waals surface area contributed by atoms with Gasteiger partial charge in [-0.1, -0.05) is 18.2 Å². The molecule has 1 heterocycles. The lowest BCUT2D eigenvalue weighted by molar-refractivity contribution is -0.384. The molecule has 0 spiro atoms. The molecule has 1 aromatic heterocycles. The first-order valence-corrected chi connectivity index (χ1v) is 7.90. The van der Waals surface area contributed by atoms with Crippen LogP contribution in [0.15, 0.2) is 30.5 Å². The number of pyridine rings is 1. The van der Waals surface area contributed by atoms with Crippen LogP contribution in [0.2, 0.25) is 0 Å². The number of hydrogen-bond acceptors (Lipinski definition) is 5. The molecule has 8 heteroatoms. The quantitative estimate of drug-likeness (QED) is 0.631. The highest BCUT2D eigenvalue weighted by molar-refractivity contribution is 5.95. The number of anilines is 1. The van der Waals surface area contributed by atoms with Gasteiger partial charge >= 0.3 is 11.8 Å². The summed E-state index contributed by atoms with van der Waals surface area (Å²) in [5.41, 5.74) is 0.271. The van der Waals surface area contributed by atoms with E-state index in [0.29, 0.717) is 16.6 Å². The molecule has 0 aliphatic heterocycles. The molecule has 0 saturated carbocycles. The summed E-state index contributed by atoms with van der Waals surface area (Å²) in [6.45, 7) is 7.39. The second kappa shape index (κ2) is 6.92. The Morgan fingerprint density at radius 2 is 2.04 bits per heavy atom. The first kappa shape index (κ1) is 18.4. The maximum Gasteiger partial charge on any atom is 0.407 e. The zero-order valence-corrected chi connectivity index (χ0v) is 14.7. The van der Waals surface area contributed by atoms with Crippen LogP contribution in [0.4, 0.5) is 16.2 Å². The van der Waals surface area contributed by atoms with Gasteiger partial charge in [0, 0.05) is 23.5 Å². The first-order chi connectivity index (χ1) is 11.6. The SMILES string of the molecule is C[C@@H](CN(C(=O)O)C(C)(C)C)Nc1c([N+](=O)[O-])cnc2ccccc12. The van der Waals surface area contributed by atoms with Crippen molar-refractivity contribution >= 4 is 28.4 Å². The zero-order valence-electron chi connectivity index (χ0n) is 14.7. The Morgan fingerprint density at radius 1 is 1.40 bits per heavy atom. The van der Waals surface area contributed by atoms with E-state index in [1.54, 1.807) is 52.0 Å². The second-order valence-electron chi connectivity index (χ2n) is 6.90. The number of carbonyl (C=O) groups is 1. The number of nitro groups is 1. The predicted molar refractivity (Wildman–Crippen MR) is 96.0 cm³/mol. The maximum absolute atomic E-state index is 11.5. The molecule has 134 valence electrons. The molecule has 0 aliphatic rings. The molecule has 0 aliphatic carbocycles. The van der Waals surface area contributed by atoms with Crippen LogP contribution in [0, 0.1) is 10.1 Å². The monoisotopic (exact) mass is 346 g/mol. The Kier molecular flexibility index (Phi) is 5.10. The number of aromatic nitrogens is 1. The van der Waals surface area contributed by atoms with Gasteiger partial charge in [-0.15, -0.1) is 0 Å². The van der Waals surface area contributed by atoms with Crippen LogP contribution in [-0.2, 0) is 0 Å². The number of hydrogen-bond donors (Lipinski definition) is 2. The topological polar surface area (TPSA) is 109 Å². The van der Waals surface area contributed by atoms with Crippen molar-refractivity contribution in [3.8, 4) is 0 Å². The zero-order chi connectivity index (χ0) is 18.8. The molecule has 1 atom stereocenters. The van der Waals surface area contributed by atoms with E-state index in [0.717, 1.165) is 0 Å². The van der Waals surface area contributed by atoms with Crippen LogP contribution >= 0.6 is 0 Å². The number of carboxylic acid groups (broad SMARTS) is 1. The molecule has 0 radical (unpaired) electrons. The lowest BCUT2D eigenvalue weighted by atomic mass is 10.1. The highest BCUT2D eigenvalue weighted by Gasteiger charge is 2.28. The van der Waals surface area contributed by atoms with Gasteiger partial charge in [0.15, 0.2) is 0 Å². The molecule has 1 aromatic carbocycles. The van der Waals surface area contributed by atoms with Crippen molar-refractivity contribution in [2.24, 2.45) is 0 Å². The van der Waals surface area contributed by atoms with Crippen LogP contribution in [0.1, 0.15) is 27.7 Å². The molecule has 25 heavy (non-hydrogen) atoms. The number of amides is 1. The highest BCUT2D eigenvalue weighted by Crippen LogP contribution is 2.32. The molecular formula is C17H22N4O4. The van der Waals surface area contributed by atoms with Gasteiger partial charge in [-0.25, -0.2) is 9.78 Å². The van der Waals surface area contributed by atoms with Gasteiger partial charge in [0.2, 0.25) is 0 Å². The van der Waals surface area contributed by atoms with E-state index >= 15 is 0 Å². The van der Waals surface area contributed by atoms with Gasteiger partial charge < -0.3 is 15.3 Å². The van der Waals surface area contributed by atoms with Gasteiger partial charge in [-0.3, -0.25) is 10.1 Å². The molecule has 0 fully saturated rings. The first-order valence-electron chi connectivity index (χ1n) is 7.90. The Bertz CT molecular complexity index is 801. The standard InChI is InChI=1S/C17H22N4O4/c1-11(10-20(16(22)23)17(2,3)4)19-15-12-7-5-6-8-13(12)18-9-14(15)21(24)25/h5-9,11H,10H2,1-4H3,(H,18,19)(H,22,23)/t11-/m0/s1. The summed E-state index contributed by atoms with van der Waals surface area (Å²) in [7, 11) is 0. The van der Waals surface area contributed by atoms with E-state index in [9.17, 15) is 20.0 Å². The molecule has 2 rings (SSSR count). The number of para-hydroxylation sites is 1. The van der Waals surface area contributed by atoms with Gasteiger partial charge in [-0.2, -0.15) is 0 Å². The van der Waals surface area contributed by atoms with Crippen molar-refractivity contribution < 1.29 is 14.8 Å². The minimum atomic E-state index is -1.03. The molecule has 0 bridgehead atoms. The van der Waals surface area contributed by atoms with Crippen molar-refractivity contribution in [3.05, 3.63) is 40.6 Å². The van der Waals surface area contributed by atoms with E-state index in [4.69, 9.17) is 0 Å². The number of fused-ring (bicyclic) bond motifs is 1. The molecular weight excluding hydrogens is 324 g/mol. The minimum absolute atomic E-state index is 0.136. The maximum atomic E-state index is 11.5. The summed E-state index contributed by atoms with van der Waals surface area (Å²) in [5.74, 6) is 0. The molecule has 2 N–H and O–H groups in total. The molecule has 0 saturated heterocycles. The van der Waals surface area contributed by atoms with E-state index < -0.39 is 16.6 Å². The minimum Gasteiger partial charge on any atom is -0.465 e. The highest BCUT2D eigenvalue weighted by atomic mass is 16.6. The van der Waals surface area contributed by atoms with Crippen molar-refractivity contribution in [3.63, 3.8) is 0 Å². The molecule has 0 unspecified atom stereocenters. The van der Waals surface area contributed by atoms with Gasteiger partial charge in [0.05, 0.1) is 10.4 Å². The smallest absolute Gasteiger partial charge is 0.407 e. The van der Waals surface area contributed by atoms with Crippen LogP contribution in [0.5, 0.6) is 0 Å². The summed E-state index contributed by atoms with van der Waals surface area (Å²) >= 11 is 0. The third-order valence-corrected chi connectivity index (χ3v) is 3.84. The third-order valence-electron chi connectivity index (χ3n) is 3.84. The molecule has 8 nitrogen and oxygen atoms in total. The largest absolute Gasteiger partial charge is 0.465 e. The Morgan fingerprint density at radius 3 is 2.60 bits per heavy atom. The Labute approximate surface area is 145 Å². The fourth-order valence-corrected chi connectivity index (χ4v) is 2.63. The average molecular weight is 346 g/mol. The van der Waals surface area contributed by atoms with Crippen molar-refractivity contribution in [2.75, 3.05) is 11.9 Å². The normalized spacial score (nSPS) is 12.6. The number of rotatable bonds is 5. The van der Waals surface area contributed by atoms with Crippen LogP contribution in [0.3, 0.4) is 0 Å². The summed E-state index contributed by atoms with van der Waals surface area (Å²) in [6.07, 6.45) is 0.186.